The van der Waals surface area contributed by atoms with Gasteiger partial charge in [-0.3, -0.25) is 9.78 Å². The highest BCUT2D eigenvalue weighted by Crippen LogP contribution is 2.08. The molecule has 0 saturated heterocycles. The summed E-state index contributed by atoms with van der Waals surface area (Å²) in [6.07, 6.45) is 1.96. The minimum atomic E-state index is -0.0778. The molecule has 1 amide bonds. The van der Waals surface area contributed by atoms with Gasteiger partial charge in [-0.1, -0.05) is 0 Å². The van der Waals surface area contributed by atoms with Crippen LogP contribution in [0.15, 0.2) is 18.3 Å². The number of nitrogens with zero attached hydrogens (tertiary/aromatic N) is 3. The van der Waals surface area contributed by atoms with Crippen LogP contribution < -0.4 is 0 Å². The SMILES string of the molecule is Cc1cc(C(=O)N(C)C(C)CC#N)ccn1. The van der Waals surface area contributed by atoms with Crippen LogP contribution in [0.2, 0.25) is 0 Å². The molecule has 0 aliphatic heterocycles. The second kappa shape index (κ2) is 5.26. The molecule has 0 N–H and O–H groups in total. The van der Waals surface area contributed by atoms with Crippen LogP contribution in [0.3, 0.4) is 0 Å². The maximum atomic E-state index is 12.0. The predicted molar refractivity (Wildman–Crippen MR) is 60.8 cm³/mol. The second-order valence-electron chi connectivity index (χ2n) is 3.81. The van der Waals surface area contributed by atoms with Gasteiger partial charge >= 0.3 is 0 Å². The smallest absolute Gasteiger partial charge is 0.253 e. The Hall–Kier alpha value is -1.89. The van der Waals surface area contributed by atoms with Crippen LogP contribution in [0.5, 0.6) is 0 Å². The van der Waals surface area contributed by atoms with Crippen molar-refractivity contribution in [2.75, 3.05) is 7.05 Å². The molecule has 0 aliphatic carbocycles. The van der Waals surface area contributed by atoms with Crippen LogP contribution in [0.25, 0.3) is 0 Å². The Morgan fingerprint density at radius 3 is 2.94 bits per heavy atom. The van der Waals surface area contributed by atoms with Gasteiger partial charge in [0.05, 0.1) is 12.5 Å². The molecule has 1 heterocycles. The zero-order valence-electron chi connectivity index (χ0n) is 9.77. The van der Waals surface area contributed by atoms with Gasteiger partial charge in [-0.05, 0) is 26.0 Å². The van der Waals surface area contributed by atoms with Crippen molar-refractivity contribution in [2.24, 2.45) is 0 Å². The van der Waals surface area contributed by atoms with Crippen molar-refractivity contribution in [1.82, 2.24) is 9.88 Å². The van der Waals surface area contributed by atoms with E-state index in [0.717, 1.165) is 5.69 Å². The Labute approximate surface area is 95.5 Å². The van der Waals surface area contributed by atoms with Gasteiger partial charge in [0, 0.05) is 30.5 Å². The van der Waals surface area contributed by atoms with Gasteiger partial charge in [-0.15, -0.1) is 0 Å². The number of carbonyl (C=O) groups is 1. The Bertz CT molecular complexity index is 423. The van der Waals surface area contributed by atoms with E-state index >= 15 is 0 Å². The third kappa shape index (κ3) is 2.80. The molecular formula is C12H15N3O. The molecule has 0 spiro atoms. The molecule has 0 aromatic carbocycles. The highest BCUT2D eigenvalue weighted by molar-refractivity contribution is 5.94. The first-order chi connectivity index (χ1) is 7.56. The van der Waals surface area contributed by atoms with Crippen molar-refractivity contribution >= 4 is 5.91 Å². The van der Waals surface area contributed by atoms with Crippen LogP contribution in [0.1, 0.15) is 29.4 Å². The van der Waals surface area contributed by atoms with E-state index in [1.54, 1.807) is 30.3 Å². The normalized spacial score (nSPS) is 11.6. The Morgan fingerprint density at radius 1 is 1.69 bits per heavy atom. The van der Waals surface area contributed by atoms with E-state index in [9.17, 15) is 4.79 Å². The fraction of sp³-hybridized carbons (Fsp3) is 0.417. The summed E-state index contributed by atoms with van der Waals surface area (Å²) in [4.78, 5) is 17.6. The van der Waals surface area contributed by atoms with Gasteiger partial charge in [-0.2, -0.15) is 5.26 Å². The lowest BCUT2D eigenvalue weighted by molar-refractivity contribution is 0.0746. The fourth-order valence-corrected chi connectivity index (χ4v) is 1.35. The number of aryl methyl sites for hydroxylation is 1. The monoisotopic (exact) mass is 217 g/mol. The van der Waals surface area contributed by atoms with Gasteiger partial charge < -0.3 is 4.90 Å². The molecule has 0 fully saturated rings. The third-order valence-corrected chi connectivity index (χ3v) is 2.51. The lowest BCUT2D eigenvalue weighted by Gasteiger charge is -2.22. The summed E-state index contributed by atoms with van der Waals surface area (Å²) in [5.41, 5.74) is 1.42. The molecule has 0 radical (unpaired) electrons. The van der Waals surface area contributed by atoms with Crippen molar-refractivity contribution in [1.29, 1.82) is 5.26 Å². The number of amides is 1. The molecule has 0 saturated carbocycles. The Morgan fingerprint density at radius 2 is 2.38 bits per heavy atom. The molecule has 0 bridgehead atoms. The quantitative estimate of drug-likeness (QED) is 0.775. The van der Waals surface area contributed by atoms with Crippen LogP contribution in [-0.2, 0) is 0 Å². The maximum Gasteiger partial charge on any atom is 0.253 e. The summed E-state index contributed by atoms with van der Waals surface area (Å²) in [6, 6.07) is 5.42. The Kier molecular flexibility index (Phi) is 4.01. The van der Waals surface area contributed by atoms with Gasteiger partial charge in [0.25, 0.3) is 5.91 Å². The minimum absolute atomic E-state index is 0.0757. The van der Waals surface area contributed by atoms with Crippen LogP contribution >= 0.6 is 0 Å². The molecule has 1 atom stereocenters. The lowest BCUT2D eigenvalue weighted by Crippen LogP contribution is -2.34. The zero-order chi connectivity index (χ0) is 12.1. The Balaban J connectivity index is 2.82. The van der Waals surface area contributed by atoms with Crippen molar-refractivity contribution in [3.63, 3.8) is 0 Å². The van der Waals surface area contributed by atoms with Gasteiger partial charge in [0.1, 0.15) is 0 Å². The van der Waals surface area contributed by atoms with Gasteiger partial charge in [-0.25, -0.2) is 0 Å². The standard InChI is InChI=1S/C12H15N3O/c1-9-8-11(5-7-14-9)12(16)15(3)10(2)4-6-13/h5,7-8,10H,4H2,1-3H3. The van der Waals surface area contributed by atoms with Crippen LogP contribution in [0, 0.1) is 18.3 Å². The molecule has 84 valence electrons. The molecule has 1 aromatic heterocycles. The summed E-state index contributed by atoms with van der Waals surface area (Å²) in [5, 5.41) is 8.58. The lowest BCUT2D eigenvalue weighted by atomic mass is 10.1. The molecule has 1 rings (SSSR count). The van der Waals surface area contributed by atoms with E-state index in [0.29, 0.717) is 12.0 Å². The zero-order valence-corrected chi connectivity index (χ0v) is 9.77. The number of hydrogen-bond donors (Lipinski definition) is 0. The average molecular weight is 217 g/mol. The van der Waals surface area contributed by atoms with Crippen LogP contribution in [-0.4, -0.2) is 28.9 Å². The molecule has 0 aliphatic rings. The van der Waals surface area contributed by atoms with Crippen molar-refractivity contribution < 1.29 is 4.79 Å². The minimum Gasteiger partial charge on any atom is -0.338 e. The number of nitriles is 1. The maximum absolute atomic E-state index is 12.0. The summed E-state index contributed by atoms with van der Waals surface area (Å²) in [6.45, 7) is 3.70. The molecule has 4 heteroatoms. The fourth-order valence-electron chi connectivity index (χ4n) is 1.35. The van der Waals surface area contributed by atoms with Crippen molar-refractivity contribution in [3.8, 4) is 6.07 Å². The number of pyridine rings is 1. The first kappa shape index (κ1) is 12.2. The number of aromatic nitrogens is 1. The number of rotatable bonds is 3. The van der Waals surface area contributed by atoms with E-state index in [-0.39, 0.29) is 11.9 Å². The summed E-state index contributed by atoms with van der Waals surface area (Å²) in [7, 11) is 1.71. The van der Waals surface area contributed by atoms with E-state index in [4.69, 9.17) is 5.26 Å². The third-order valence-electron chi connectivity index (χ3n) is 2.51. The van der Waals surface area contributed by atoms with Crippen LogP contribution in [0.4, 0.5) is 0 Å². The molecule has 4 nitrogen and oxygen atoms in total. The average Bonchev–Trinajstić information content (AvgIpc) is 2.27. The number of hydrogen-bond acceptors (Lipinski definition) is 3. The molecule has 1 aromatic rings. The first-order valence-corrected chi connectivity index (χ1v) is 5.13. The number of carbonyl (C=O) groups excluding carboxylic acids is 1. The highest BCUT2D eigenvalue weighted by atomic mass is 16.2. The van der Waals surface area contributed by atoms with Gasteiger partial charge in [0.15, 0.2) is 0 Å². The first-order valence-electron chi connectivity index (χ1n) is 5.13. The topological polar surface area (TPSA) is 57.0 Å². The predicted octanol–water partition coefficient (Wildman–Crippen LogP) is 1.76. The van der Waals surface area contributed by atoms with E-state index in [1.807, 2.05) is 13.8 Å². The van der Waals surface area contributed by atoms with E-state index in [1.165, 1.54) is 0 Å². The highest BCUT2D eigenvalue weighted by Gasteiger charge is 2.17. The van der Waals surface area contributed by atoms with Gasteiger partial charge in [0.2, 0.25) is 0 Å². The van der Waals surface area contributed by atoms with Crippen molar-refractivity contribution in [3.05, 3.63) is 29.6 Å². The summed E-state index contributed by atoms with van der Waals surface area (Å²) >= 11 is 0. The van der Waals surface area contributed by atoms with E-state index in [2.05, 4.69) is 11.1 Å². The largest absolute Gasteiger partial charge is 0.338 e. The molecular weight excluding hydrogens is 202 g/mol. The molecule has 1 unspecified atom stereocenters. The summed E-state index contributed by atoms with van der Waals surface area (Å²) < 4.78 is 0. The summed E-state index contributed by atoms with van der Waals surface area (Å²) in [5.74, 6) is -0.0757. The molecule has 16 heavy (non-hydrogen) atoms. The van der Waals surface area contributed by atoms with Crippen molar-refractivity contribution in [2.45, 2.75) is 26.3 Å². The van der Waals surface area contributed by atoms with E-state index < -0.39 is 0 Å². The second-order valence-corrected chi connectivity index (χ2v) is 3.81.